The van der Waals surface area contributed by atoms with Crippen LogP contribution < -0.4 is 10.6 Å². The summed E-state index contributed by atoms with van der Waals surface area (Å²) in [6, 6.07) is 0.135. The number of carboxylic acids is 1. The van der Waals surface area contributed by atoms with E-state index in [1.807, 2.05) is 0 Å². The summed E-state index contributed by atoms with van der Waals surface area (Å²) in [6.07, 6.45) is 4.75. The van der Waals surface area contributed by atoms with Crippen LogP contribution in [0.5, 0.6) is 0 Å². The molecule has 0 aromatic heterocycles. The molecule has 1 rings (SSSR count). The van der Waals surface area contributed by atoms with Crippen molar-refractivity contribution < 1.29 is 14.7 Å². The zero-order valence-electron chi connectivity index (χ0n) is 12.8. The third-order valence-corrected chi connectivity index (χ3v) is 4.54. The van der Waals surface area contributed by atoms with E-state index in [0.29, 0.717) is 31.2 Å². The summed E-state index contributed by atoms with van der Waals surface area (Å²) >= 11 is 0. The number of rotatable bonds is 6. The van der Waals surface area contributed by atoms with Gasteiger partial charge in [-0.3, -0.25) is 4.79 Å². The van der Waals surface area contributed by atoms with Crippen LogP contribution in [-0.2, 0) is 4.79 Å². The van der Waals surface area contributed by atoms with E-state index in [-0.39, 0.29) is 18.0 Å². The minimum Gasteiger partial charge on any atom is -0.481 e. The fourth-order valence-corrected chi connectivity index (χ4v) is 2.74. The van der Waals surface area contributed by atoms with Gasteiger partial charge in [-0.1, -0.05) is 33.6 Å². The zero-order valence-corrected chi connectivity index (χ0v) is 12.8. The van der Waals surface area contributed by atoms with Crippen LogP contribution in [0.3, 0.4) is 0 Å². The lowest BCUT2D eigenvalue weighted by molar-refractivity contribution is -0.141. The predicted molar refractivity (Wildman–Crippen MR) is 78.5 cm³/mol. The predicted octanol–water partition coefficient (Wildman–Crippen LogP) is 2.61. The average molecular weight is 284 g/mol. The molecule has 4 unspecified atom stereocenters. The quantitative estimate of drug-likeness (QED) is 0.656. The van der Waals surface area contributed by atoms with Crippen LogP contribution in [0.4, 0.5) is 4.79 Å². The third kappa shape index (κ3) is 5.39. The zero-order chi connectivity index (χ0) is 15.1. The molecule has 116 valence electrons. The van der Waals surface area contributed by atoms with Crippen LogP contribution in [0.25, 0.3) is 0 Å². The molecular weight excluding hydrogens is 256 g/mol. The highest BCUT2D eigenvalue weighted by Crippen LogP contribution is 2.29. The van der Waals surface area contributed by atoms with Gasteiger partial charge in [0.2, 0.25) is 0 Å². The standard InChI is InChI=1S/C15H28N2O3/c1-10-6-4-8-13(12(10)3)17-15(20)16-9-5-7-11(2)14(18)19/h10-13H,4-9H2,1-3H3,(H,18,19)(H2,16,17,20). The number of carboxylic acid groups (broad SMARTS) is 1. The monoisotopic (exact) mass is 284 g/mol. The molecule has 1 aliphatic carbocycles. The Kier molecular flexibility index (Phi) is 6.82. The van der Waals surface area contributed by atoms with Gasteiger partial charge < -0.3 is 15.7 Å². The Hall–Kier alpha value is -1.26. The van der Waals surface area contributed by atoms with E-state index in [4.69, 9.17) is 5.11 Å². The van der Waals surface area contributed by atoms with Crippen LogP contribution >= 0.6 is 0 Å². The SMILES string of the molecule is CC(CCCNC(=O)NC1CCCC(C)C1C)C(=O)O. The van der Waals surface area contributed by atoms with Crippen LogP contribution in [-0.4, -0.2) is 29.7 Å². The molecule has 0 radical (unpaired) electrons. The van der Waals surface area contributed by atoms with Crippen molar-refractivity contribution >= 4 is 12.0 Å². The molecule has 1 saturated carbocycles. The van der Waals surface area contributed by atoms with Gasteiger partial charge in [0.15, 0.2) is 0 Å². The average Bonchev–Trinajstić information content (AvgIpc) is 2.39. The maximum absolute atomic E-state index is 11.8. The lowest BCUT2D eigenvalue weighted by Crippen LogP contribution is -2.48. The van der Waals surface area contributed by atoms with Gasteiger partial charge in [-0.05, 0) is 31.1 Å². The number of hydrogen-bond donors (Lipinski definition) is 3. The van der Waals surface area contributed by atoms with Gasteiger partial charge in [0.25, 0.3) is 0 Å². The number of hydrogen-bond acceptors (Lipinski definition) is 2. The topological polar surface area (TPSA) is 78.4 Å². The van der Waals surface area contributed by atoms with Gasteiger partial charge in [-0.15, -0.1) is 0 Å². The van der Waals surface area contributed by atoms with Crippen molar-refractivity contribution in [2.24, 2.45) is 17.8 Å². The number of amides is 2. The summed E-state index contributed by atoms with van der Waals surface area (Å²) in [5.74, 6) is 0.0468. The molecule has 1 aliphatic rings. The molecule has 0 aliphatic heterocycles. The number of urea groups is 1. The van der Waals surface area contributed by atoms with E-state index < -0.39 is 5.97 Å². The molecule has 0 aromatic rings. The highest BCUT2D eigenvalue weighted by atomic mass is 16.4. The fraction of sp³-hybridized carbons (Fsp3) is 0.867. The van der Waals surface area contributed by atoms with Crippen LogP contribution in [0.1, 0.15) is 52.9 Å². The lowest BCUT2D eigenvalue weighted by Gasteiger charge is -2.34. The molecule has 5 heteroatoms. The highest BCUT2D eigenvalue weighted by Gasteiger charge is 2.27. The Morgan fingerprint density at radius 1 is 1.30 bits per heavy atom. The molecule has 0 heterocycles. The second-order valence-corrected chi connectivity index (χ2v) is 6.16. The minimum atomic E-state index is -0.778. The van der Waals surface area contributed by atoms with Crippen molar-refractivity contribution in [3.05, 3.63) is 0 Å². The van der Waals surface area contributed by atoms with Gasteiger partial charge in [0, 0.05) is 12.6 Å². The summed E-state index contributed by atoms with van der Waals surface area (Å²) < 4.78 is 0. The molecule has 3 N–H and O–H groups in total. The maximum atomic E-state index is 11.8. The van der Waals surface area contributed by atoms with E-state index >= 15 is 0 Å². The van der Waals surface area contributed by atoms with Crippen molar-refractivity contribution in [2.45, 2.75) is 58.9 Å². The second-order valence-electron chi connectivity index (χ2n) is 6.16. The number of nitrogens with one attached hydrogen (secondary N) is 2. The van der Waals surface area contributed by atoms with Crippen LogP contribution in [0.15, 0.2) is 0 Å². The van der Waals surface area contributed by atoms with Crippen molar-refractivity contribution in [2.75, 3.05) is 6.54 Å². The molecule has 2 amide bonds. The smallest absolute Gasteiger partial charge is 0.315 e. The third-order valence-electron chi connectivity index (χ3n) is 4.54. The summed E-state index contributed by atoms with van der Waals surface area (Å²) in [6.45, 7) is 6.65. The lowest BCUT2D eigenvalue weighted by atomic mass is 9.78. The van der Waals surface area contributed by atoms with Crippen LogP contribution in [0.2, 0.25) is 0 Å². The van der Waals surface area contributed by atoms with Gasteiger partial charge >= 0.3 is 12.0 Å². The number of carbonyl (C=O) groups is 2. The van der Waals surface area contributed by atoms with Gasteiger partial charge in [0.05, 0.1) is 5.92 Å². The largest absolute Gasteiger partial charge is 0.481 e. The fourth-order valence-electron chi connectivity index (χ4n) is 2.74. The van der Waals surface area contributed by atoms with E-state index in [0.717, 1.165) is 6.42 Å². The summed E-state index contributed by atoms with van der Waals surface area (Å²) in [5, 5.41) is 14.6. The molecule has 1 fully saturated rings. The minimum absolute atomic E-state index is 0.126. The van der Waals surface area contributed by atoms with Crippen molar-refractivity contribution in [1.29, 1.82) is 0 Å². The van der Waals surface area contributed by atoms with Gasteiger partial charge in [-0.2, -0.15) is 0 Å². The number of aliphatic carboxylic acids is 1. The first-order chi connectivity index (χ1) is 9.41. The van der Waals surface area contributed by atoms with E-state index in [2.05, 4.69) is 24.5 Å². The second kappa shape index (κ2) is 8.12. The van der Waals surface area contributed by atoms with Crippen LogP contribution in [0, 0.1) is 17.8 Å². The van der Waals surface area contributed by atoms with Crippen molar-refractivity contribution in [3.63, 3.8) is 0 Å². The van der Waals surface area contributed by atoms with E-state index in [1.165, 1.54) is 12.8 Å². The molecule has 4 atom stereocenters. The Bertz CT molecular complexity index is 333. The maximum Gasteiger partial charge on any atom is 0.315 e. The summed E-state index contributed by atoms with van der Waals surface area (Å²) in [5.41, 5.74) is 0. The molecule has 20 heavy (non-hydrogen) atoms. The van der Waals surface area contributed by atoms with E-state index in [9.17, 15) is 9.59 Å². The van der Waals surface area contributed by atoms with Crippen molar-refractivity contribution in [1.82, 2.24) is 10.6 Å². The number of carbonyl (C=O) groups excluding carboxylic acids is 1. The summed E-state index contributed by atoms with van der Waals surface area (Å²) in [4.78, 5) is 22.5. The van der Waals surface area contributed by atoms with Gasteiger partial charge in [0.1, 0.15) is 0 Å². The first-order valence-corrected chi connectivity index (χ1v) is 7.69. The Labute approximate surface area is 121 Å². The molecule has 5 nitrogen and oxygen atoms in total. The molecule has 0 bridgehead atoms. The van der Waals surface area contributed by atoms with E-state index in [1.54, 1.807) is 6.92 Å². The first-order valence-electron chi connectivity index (χ1n) is 7.69. The molecular formula is C15H28N2O3. The molecule has 0 aromatic carbocycles. The highest BCUT2D eigenvalue weighted by molar-refractivity contribution is 5.74. The molecule has 0 spiro atoms. The normalized spacial score (nSPS) is 27.6. The molecule has 0 saturated heterocycles. The van der Waals surface area contributed by atoms with Gasteiger partial charge in [-0.25, -0.2) is 4.79 Å². The first kappa shape index (κ1) is 16.8. The Morgan fingerprint density at radius 2 is 2.00 bits per heavy atom. The van der Waals surface area contributed by atoms with Crippen molar-refractivity contribution in [3.8, 4) is 0 Å². The Morgan fingerprint density at radius 3 is 2.65 bits per heavy atom. The Balaban J connectivity index is 2.18. The summed E-state index contributed by atoms with van der Waals surface area (Å²) in [7, 11) is 0.